The van der Waals surface area contributed by atoms with Crippen molar-refractivity contribution in [2.75, 3.05) is 0 Å². The number of aliphatic imine (C=N–C) groups is 2. The third-order valence-electron chi connectivity index (χ3n) is 2.29. The Labute approximate surface area is 125 Å². The predicted octanol–water partition coefficient (Wildman–Crippen LogP) is 1.44. The Morgan fingerprint density at radius 2 is 1.83 bits per heavy atom. The van der Waals surface area contributed by atoms with Crippen LogP contribution in [0.1, 0.15) is 5.56 Å². The molecule has 1 unspecified atom stereocenters. The zero-order chi connectivity index (χ0) is 13.4. The Morgan fingerprint density at radius 1 is 1.17 bits per heavy atom. The number of thiol groups is 4. The lowest BCUT2D eigenvalue weighted by molar-refractivity contribution is -0.120. The van der Waals surface area contributed by atoms with Gasteiger partial charge in [0.05, 0.1) is 0 Å². The van der Waals surface area contributed by atoms with Gasteiger partial charge in [-0.05, 0) is 6.07 Å². The number of aliphatic hydroxyl groups excluding tert-OH is 1. The maximum absolute atomic E-state index is 11.8. The maximum atomic E-state index is 11.8. The first-order valence-electron chi connectivity index (χ1n) is 4.65. The summed E-state index contributed by atoms with van der Waals surface area (Å²) >= 11 is 17.0. The lowest BCUT2D eigenvalue weighted by Crippen LogP contribution is -2.31. The summed E-state index contributed by atoms with van der Waals surface area (Å²) in [5, 5.41) is 9.36. The van der Waals surface area contributed by atoms with Crippen molar-refractivity contribution in [3.63, 3.8) is 0 Å². The van der Waals surface area contributed by atoms with Crippen molar-refractivity contribution in [2.45, 2.75) is 25.8 Å². The number of Topliss-reactive ketones (excluding diaryl/α,β-unsaturated/α-hetero) is 1. The highest BCUT2D eigenvalue weighted by molar-refractivity contribution is 7.86. The zero-order valence-electron chi connectivity index (χ0n) is 8.69. The molecule has 0 saturated heterocycles. The predicted molar refractivity (Wildman–Crippen MR) is 80.4 cm³/mol. The van der Waals surface area contributed by atoms with E-state index in [2.05, 4.69) is 66.8 Å². The molecule has 93 valence electrons. The molecular formula is C10H7N2O2S4. The lowest BCUT2D eigenvalue weighted by Gasteiger charge is -2.15. The molecule has 0 aromatic heterocycles. The van der Waals surface area contributed by atoms with E-state index in [1.165, 1.54) is 0 Å². The second kappa shape index (κ2) is 5.30. The Morgan fingerprint density at radius 3 is 2.50 bits per heavy atom. The van der Waals surface area contributed by atoms with E-state index >= 15 is 0 Å². The molecular weight excluding hydrogens is 308 g/mol. The quantitative estimate of drug-likeness (QED) is 0.509. The SMILES string of the molecule is O=C1C(c2cc(S)c(S)c(S)c2S)=N[C]=NC1O. The molecule has 1 atom stereocenters. The summed E-state index contributed by atoms with van der Waals surface area (Å²) in [4.78, 5) is 20.9. The number of hydrogen-bond donors (Lipinski definition) is 5. The number of ketones is 1. The van der Waals surface area contributed by atoms with E-state index in [9.17, 15) is 9.90 Å². The fourth-order valence-corrected chi connectivity index (χ4v) is 2.49. The fourth-order valence-electron chi connectivity index (χ4n) is 1.38. The molecule has 1 aliphatic heterocycles. The van der Waals surface area contributed by atoms with Gasteiger partial charge in [-0.2, -0.15) is 0 Å². The zero-order valence-corrected chi connectivity index (χ0v) is 12.3. The maximum Gasteiger partial charge on any atom is 0.232 e. The van der Waals surface area contributed by atoms with Crippen LogP contribution in [0.25, 0.3) is 0 Å². The molecule has 1 aromatic carbocycles. The number of carbonyl (C=O) groups excluding carboxylic acids is 1. The highest BCUT2D eigenvalue weighted by Gasteiger charge is 2.27. The Kier molecular flexibility index (Phi) is 4.12. The van der Waals surface area contributed by atoms with Gasteiger partial charge in [-0.15, -0.1) is 50.5 Å². The number of hydrogen-bond acceptors (Lipinski definition) is 8. The topological polar surface area (TPSA) is 62.0 Å². The molecule has 0 bridgehead atoms. The van der Waals surface area contributed by atoms with Crippen molar-refractivity contribution in [2.24, 2.45) is 9.98 Å². The summed E-state index contributed by atoms with van der Waals surface area (Å²) in [5.41, 5.74) is 0.444. The average molecular weight is 315 g/mol. The van der Waals surface area contributed by atoms with Gasteiger partial charge in [0.15, 0.2) is 6.34 Å². The molecule has 8 heteroatoms. The molecule has 1 heterocycles. The van der Waals surface area contributed by atoms with Crippen LogP contribution < -0.4 is 0 Å². The molecule has 1 radical (unpaired) electrons. The van der Waals surface area contributed by atoms with E-state index in [-0.39, 0.29) is 5.71 Å². The second-order valence-corrected chi connectivity index (χ2v) is 5.24. The van der Waals surface area contributed by atoms with Gasteiger partial charge < -0.3 is 5.11 Å². The van der Waals surface area contributed by atoms with Crippen molar-refractivity contribution in [3.8, 4) is 0 Å². The van der Waals surface area contributed by atoms with Crippen molar-refractivity contribution in [1.82, 2.24) is 0 Å². The van der Waals surface area contributed by atoms with Crippen LogP contribution in [0.15, 0.2) is 35.6 Å². The summed E-state index contributed by atoms with van der Waals surface area (Å²) in [7, 11) is 0. The lowest BCUT2D eigenvalue weighted by atomic mass is 10.0. The molecule has 18 heavy (non-hydrogen) atoms. The van der Waals surface area contributed by atoms with E-state index in [1.54, 1.807) is 6.07 Å². The van der Waals surface area contributed by atoms with Gasteiger partial charge in [0.25, 0.3) is 0 Å². The van der Waals surface area contributed by atoms with Gasteiger partial charge in [0.2, 0.25) is 12.0 Å². The standard InChI is InChI=1S/C10H7N2O2S4/c13-6-5(11-2-12-10(6)14)3-1-4(15)8(17)9(18)7(3)16/h1,10,14-18H. The van der Waals surface area contributed by atoms with E-state index in [0.717, 1.165) is 0 Å². The molecule has 0 fully saturated rings. The molecule has 0 amide bonds. The summed E-state index contributed by atoms with van der Waals surface area (Å²) in [6, 6.07) is 1.59. The highest BCUT2D eigenvalue weighted by atomic mass is 32.1. The molecule has 2 rings (SSSR count). The second-order valence-electron chi connectivity index (χ2n) is 3.42. The Hall–Kier alpha value is -0.410. The molecule has 0 saturated carbocycles. The van der Waals surface area contributed by atoms with Crippen molar-refractivity contribution < 1.29 is 9.90 Å². The minimum atomic E-state index is -1.48. The number of carbonyl (C=O) groups is 1. The Bertz CT molecular complexity index is 598. The van der Waals surface area contributed by atoms with Crippen LogP contribution >= 0.6 is 50.5 Å². The van der Waals surface area contributed by atoms with Crippen molar-refractivity contribution in [1.29, 1.82) is 0 Å². The minimum Gasteiger partial charge on any atom is -0.365 e. The van der Waals surface area contributed by atoms with E-state index in [1.807, 2.05) is 0 Å². The van der Waals surface area contributed by atoms with E-state index in [4.69, 9.17) is 0 Å². The van der Waals surface area contributed by atoms with Crippen LogP contribution in [0.3, 0.4) is 0 Å². The largest absolute Gasteiger partial charge is 0.365 e. The minimum absolute atomic E-state index is 0.0291. The van der Waals surface area contributed by atoms with Crippen LogP contribution in [0.5, 0.6) is 0 Å². The molecule has 4 nitrogen and oxygen atoms in total. The number of rotatable bonds is 1. The number of aliphatic hydroxyl groups is 1. The molecule has 1 N–H and O–H groups in total. The third-order valence-corrected chi connectivity index (χ3v) is 4.55. The number of nitrogens with zero attached hydrogens (tertiary/aromatic N) is 2. The van der Waals surface area contributed by atoms with Crippen LogP contribution in [0, 0.1) is 0 Å². The third kappa shape index (κ3) is 2.35. The van der Waals surface area contributed by atoms with Gasteiger partial charge in [-0.1, -0.05) is 0 Å². The summed E-state index contributed by atoms with van der Waals surface area (Å²) in [5.74, 6) is -0.614. The normalized spacial score (nSPS) is 19.1. The van der Waals surface area contributed by atoms with Gasteiger partial charge >= 0.3 is 0 Å². The first-order chi connectivity index (χ1) is 8.43. The van der Waals surface area contributed by atoms with Crippen molar-refractivity contribution in [3.05, 3.63) is 11.6 Å². The average Bonchev–Trinajstić information content (AvgIpc) is 2.35. The summed E-state index contributed by atoms with van der Waals surface area (Å²) < 4.78 is 0. The van der Waals surface area contributed by atoms with Gasteiger partial charge in [0.1, 0.15) is 5.71 Å². The van der Waals surface area contributed by atoms with Gasteiger partial charge in [-0.3, -0.25) is 4.79 Å². The smallest absolute Gasteiger partial charge is 0.232 e. The fraction of sp³-hybridized carbons (Fsp3) is 0.100. The van der Waals surface area contributed by atoms with Crippen LogP contribution in [0.4, 0.5) is 0 Å². The summed E-state index contributed by atoms with van der Waals surface area (Å²) in [6.07, 6.45) is 0.754. The first kappa shape index (κ1) is 14.0. The van der Waals surface area contributed by atoms with Crippen molar-refractivity contribution >= 4 is 68.3 Å². The summed E-state index contributed by atoms with van der Waals surface area (Å²) in [6.45, 7) is 0. The monoisotopic (exact) mass is 315 g/mol. The first-order valence-corrected chi connectivity index (χ1v) is 6.44. The molecule has 0 aliphatic carbocycles. The molecule has 1 aromatic rings. The van der Waals surface area contributed by atoms with Gasteiger partial charge in [-0.25, -0.2) is 9.98 Å². The Balaban J connectivity index is 2.63. The molecule has 0 spiro atoms. The van der Waals surface area contributed by atoms with E-state index < -0.39 is 12.0 Å². The van der Waals surface area contributed by atoms with Crippen LogP contribution in [-0.2, 0) is 4.79 Å². The van der Waals surface area contributed by atoms with Crippen LogP contribution in [-0.4, -0.2) is 29.2 Å². The molecule has 1 aliphatic rings. The highest BCUT2D eigenvalue weighted by Crippen LogP contribution is 2.34. The number of benzene rings is 1. The van der Waals surface area contributed by atoms with E-state index in [0.29, 0.717) is 25.1 Å². The van der Waals surface area contributed by atoms with Gasteiger partial charge in [0, 0.05) is 25.1 Å². The van der Waals surface area contributed by atoms with Crippen LogP contribution in [0.2, 0.25) is 0 Å².